The van der Waals surface area contributed by atoms with Crippen LogP contribution in [0.5, 0.6) is 23.0 Å². The second-order valence-corrected chi connectivity index (χ2v) is 22.8. The van der Waals surface area contributed by atoms with Crippen LogP contribution in [0.15, 0.2) is 190 Å². The van der Waals surface area contributed by atoms with Crippen molar-refractivity contribution in [2.75, 3.05) is 26.4 Å². The Morgan fingerprint density at radius 3 is 0.987 bits per heavy atom. The molecule has 2 aliphatic carbocycles. The molecule has 1 saturated carbocycles. The van der Waals surface area contributed by atoms with Gasteiger partial charge in [-0.1, -0.05) is 135 Å². The quantitative estimate of drug-likeness (QED) is 0.101. The van der Waals surface area contributed by atoms with E-state index in [9.17, 15) is 0 Å². The molecule has 2 atom stereocenters. The Labute approximate surface area is 439 Å². The van der Waals surface area contributed by atoms with E-state index in [2.05, 4.69) is 0 Å². The number of hydrogen-bond acceptors (Lipinski definition) is 6. The average molecular weight is 1050 g/mol. The van der Waals surface area contributed by atoms with Crippen molar-refractivity contribution in [1.82, 2.24) is 0 Å². The third-order valence-electron chi connectivity index (χ3n) is 15.2. The highest BCUT2D eigenvalue weighted by atomic mass is 32.2. The Bertz CT molecular complexity index is 3560. The summed E-state index contributed by atoms with van der Waals surface area (Å²) in [6.45, 7) is 8.03. The summed E-state index contributed by atoms with van der Waals surface area (Å²) in [5, 5.41) is 7.48. The fourth-order valence-corrected chi connectivity index (χ4v) is 14.5. The lowest BCUT2D eigenvalue weighted by Gasteiger charge is -2.47. The van der Waals surface area contributed by atoms with Crippen molar-refractivity contribution in [2.45, 2.75) is 67.8 Å². The topological polar surface area (TPSA) is 36.9 Å². The predicted octanol–water partition coefficient (Wildman–Crippen LogP) is 18.0. The van der Waals surface area contributed by atoms with Gasteiger partial charge in [0.05, 0.1) is 22.7 Å². The van der Waals surface area contributed by atoms with Gasteiger partial charge in [-0.05, 0) is 117 Å². The van der Waals surface area contributed by atoms with Crippen LogP contribution in [-0.4, -0.2) is 53.7 Å². The Balaban J connectivity index is 0.932. The summed E-state index contributed by atoms with van der Waals surface area (Å²) in [4.78, 5) is 0.830. The molecule has 0 N–H and O–H groups in total. The first-order valence-electron chi connectivity index (χ1n) is 25.1. The summed E-state index contributed by atoms with van der Waals surface area (Å²) in [7, 11) is 0. The maximum absolute atomic E-state index is 16.5. The van der Waals surface area contributed by atoms with Gasteiger partial charge in [-0.25, -0.2) is 0 Å². The van der Waals surface area contributed by atoms with Crippen LogP contribution in [-0.2, 0) is 0 Å². The minimum atomic E-state index is -5.71. The van der Waals surface area contributed by atoms with E-state index in [4.69, 9.17) is 18.9 Å². The van der Waals surface area contributed by atoms with Crippen molar-refractivity contribution in [3.63, 3.8) is 0 Å². The summed E-state index contributed by atoms with van der Waals surface area (Å²) in [5.74, 6) is -13.9. The molecule has 2 heterocycles. The molecule has 12 rings (SSSR count). The van der Waals surface area contributed by atoms with Gasteiger partial charge in [-0.2, -0.15) is 26.3 Å². The molecular formula is C63H50F6O4S2. The van der Waals surface area contributed by atoms with Crippen LogP contribution >= 0.6 is 23.5 Å². The molecule has 0 amide bonds. The summed E-state index contributed by atoms with van der Waals surface area (Å²) in [6.07, 6.45) is 4.30. The molecule has 2 unspecified atom stereocenters. The third-order valence-corrected chi connectivity index (χ3v) is 18.3. The van der Waals surface area contributed by atoms with Crippen LogP contribution in [0.25, 0.3) is 65.3 Å². The number of ether oxygens (including phenoxy) is 4. The minimum absolute atomic E-state index is 0.172. The summed E-state index contributed by atoms with van der Waals surface area (Å²) >= 11 is 2.36. The first kappa shape index (κ1) is 49.1. The lowest BCUT2D eigenvalue weighted by atomic mass is 9.71. The number of hydrogen-bond donors (Lipinski definition) is 0. The molecule has 0 spiro atoms. The van der Waals surface area contributed by atoms with Gasteiger partial charge in [0.25, 0.3) is 0 Å². The Morgan fingerprint density at radius 1 is 0.387 bits per heavy atom. The zero-order valence-electron chi connectivity index (χ0n) is 41.5. The van der Waals surface area contributed by atoms with Crippen LogP contribution < -0.4 is 18.9 Å². The fourth-order valence-electron chi connectivity index (χ4n) is 11.4. The molecule has 4 aliphatic rings. The fraction of sp³-hybridized carbons (Fsp3) is 0.238. The lowest BCUT2D eigenvalue weighted by molar-refractivity contribution is -0.258. The van der Waals surface area contributed by atoms with E-state index in [0.717, 1.165) is 78.2 Å². The minimum Gasteiger partial charge on any atom is -0.493 e. The first-order chi connectivity index (χ1) is 36.1. The second kappa shape index (κ2) is 18.2. The van der Waals surface area contributed by atoms with Crippen LogP contribution in [0.4, 0.5) is 26.3 Å². The van der Waals surface area contributed by atoms with E-state index in [0.29, 0.717) is 46.0 Å². The Kier molecular flexibility index (Phi) is 11.9. The molecular weight excluding hydrogens is 999 g/mol. The largest absolute Gasteiger partial charge is 0.493 e. The number of halogens is 6. The average Bonchev–Trinajstić information content (AvgIpc) is 4.21. The van der Waals surface area contributed by atoms with Crippen LogP contribution in [0, 0.1) is 0 Å². The van der Waals surface area contributed by atoms with Crippen LogP contribution in [0.1, 0.15) is 40.5 Å². The van der Waals surface area contributed by atoms with E-state index in [-0.39, 0.29) is 24.4 Å². The zero-order valence-corrected chi connectivity index (χ0v) is 43.1. The zero-order chi connectivity index (χ0) is 52.1. The number of rotatable bonds is 14. The lowest BCUT2D eigenvalue weighted by Crippen LogP contribution is -2.49. The van der Waals surface area contributed by atoms with Crippen LogP contribution in [0.2, 0.25) is 0 Å². The van der Waals surface area contributed by atoms with E-state index in [1.54, 1.807) is 13.8 Å². The first-order valence-corrected chi connectivity index (χ1v) is 26.8. The van der Waals surface area contributed by atoms with E-state index in [1.165, 1.54) is 35.7 Å². The monoisotopic (exact) mass is 1050 g/mol. The molecule has 8 aromatic carbocycles. The van der Waals surface area contributed by atoms with Crippen LogP contribution in [0.3, 0.4) is 0 Å². The molecule has 0 bridgehead atoms. The summed E-state index contributed by atoms with van der Waals surface area (Å²) < 4.78 is 121. The highest BCUT2D eigenvalue weighted by Crippen LogP contribution is 2.74. The molecule has 0 radical (unpaired) electrons. The van der Waals surface area contributed by atoms with Gasteiger partial charge in [0.1, 0.15) is 36.2 Å². The van der Waals surface area contributed by atoms with E-state index >= 15 is 26.3 Å². The van der Waals surface area contributed by atoms with E-state index < -0.39 is 38.4 Å². The summed E-state index contributed by atoms with van der Waals surface area (Å²) in [6, 6.07) is 47.2. The van der Waals surface area contributed by atoms with Crippen molar-refractivity contribution in [2.24, 2.45) is 0 Å². The molecule has 2 aliphatic heterocycles. The SMILES string of the molecule is CCCOc1ccc2ccccc2c1-c1c(OCC2=CC3=C4C(=C5C=C(COc6ccc7ccccc7c6-c6c(OCCC)ccc7ccccc67)SC5(C)C3(C)S2)C(F)(F)C(F)(F)C4(F)F)ccc2ccccc12. The molecule has 380 valence electrons. The predicted molar refractivity (Wildman–Crippen MR) is 293 cm³/mol. The highest BCUT2D eigenvalue weighted by Gasteiger charge is 2.84. The molecule has 1 fully saturated rings. The number of benzene rings is 8. The van der Waals surface area contributed by atoms with Gasteiger partial charge in [0, 0.05) is 43.2 Å². The molecule has 75 heavy (non-hydrogen) atoms. The Morgan fingerprint density at radius 2 is 0.680 bits per heavy atom. The third kappa shape index (κ3) is 7.43. The van der Waals surface area contributed by atoms with Gasteiger partial charge in [-0.3, -0.25) is 0 Å². The normalized spacial score (nSPS) is 21.1. The molecule has 4 nitrogen and oxygen atoms in total. The second-order valence-electron chi connectivity index (χ2n) is 19.7. The number of allylic oxidation sites excluding steroid dienone is 4. The number of fused-ring (bicyclic) bond motifs is 8. The molecule has 0 aromatic heterocycles. The van der Waals surface area contributed by atoms with E-state index in [1.807, 2.05) is 159 Å². The number of thioether (sulfide) groups is 2. The van der Waals surface area contributed by atoms with Gasteiger partial charge in [0.15, 0.2) is 0 Å². The standard InChI is InChI=1S/C63H50F6O4S2/c1-5-31-70-49-27-23-37-15-7-11-19-43(37)53(49)55-45-21-13-9-17-39(45)25-29-51(55)72-35-41-33-47-57-58(62(66,67)63(68,69)61(57,64)65)48-34-42(75-60(48,4)59(47,3)74-41)36-73-52-30-26-40-18-10-14-22-46(40)56(52)54-44-20-12-8-16-38(44)24-28-50(54)71-32-6-2/h7-30,33-34H,5-6,31-32,35-36H2,1-4H3. The van der Waals surface area contributed by atoms with Crippen molar-refractivity contribution >= 4 is 66.6 Å². The van der Waals surface area contributed by atoms with Crippen molar-refractivity contribution in [3.8, 4) is 45.3 Å². The number of alkyl halides is 6. The van der Waals surface area contributed by atoms with Gasteiger partial charge in [-0.15, -0.1) is 23.5 Å². The Hall–Kier alpha value is -6.76. The molecule has 8 aromatic rings. The van der Waals surface area contributed by atoms with Crippen molar-refractivity contribution in [3.05, 3.63) is 190 Å². The van der Waals surface area contributed by atoms with Crippen molar-refractivity contribution in [1.29, 1.82) is 0 Å². The van der Waals surface area contributed by atoms with Gasteiger partial charge < -0.3 is 18.9 Å². The molecule has 12 heteroatoms. The smallest absolute Gasteiger partial charge is 0.380 e. The van der Waals surface area contributed by atoms with Crippen molar-refractivity contribution < 1.29 is 45.3 Å². The van der Waals surface area contributed by atoms with Gasteiger partial charge >= 0.3 is 17.8 Å². The summed E-state index contributed by atoms with van der Waals surface area (Å²) in [5.41, 5.74) is -0.0679. The van der Waals surface area contributed by atoms with Gasteiger partial charge in [0.2, 0.25) is 0 Å². The maximum Gasteiger partial charge on any atom is 0.380 e. The molecule has 0 saturated heterocycles. The maximum atomic E-state index is 16.5. The highest BCUT2D eigenvalue weighted by molar-refractivity contribution is 8.09.